The Morgan fingerprint density at radius 2 is 2.08 bits per heavy atom. The number of rotatable bonds is 5. The van der Waals surface area contributed by atoms with E-state index < -0.39 is 0 Å². The van der Waals surface area contributed by atoms with Crippen LogP contribution in [0.1, 0.15) is 44.1 Å². The molecule has 4 bridgehead atoms. The first-order chi connectivity index (χ1) is 12.6. The van der Waals surface area contributed by atoms with Crippen molar-refractivity contribution >= 4 is 0 Å². The van der Waals surface area contributed by atoms with Crippen molar-refractivity contribution in [2.24, 2.45) is 11.8 Å². The number of ether oxygens (including phenoxy) is 1. The van der Waals surface area contributed by atoms with Crippen LogP contribution in [-0.2, 0) is 12.1 Å². The molecule has 2 unspecified atom stereocenters. The van der Waals surface area contributed by atoms with E-state index in [-0.39, 0.29) is 16.9 Å². The van der Waals surface area contributed by atoms with Crippen LogP contribution in [0, 0.1) is 17.7 Å². The first kappa shape index (κ1) is 16.2. The van der Waals surface area contributed by atoms with Crippen molar-refractivity contribution in [3.05, 3.63) is 35.9 Å². The van der Waals surface area contributed by atoms with Crippen LogP contribution in [0.25, 0.3) is 0 Å². The second-order valence-electron chi connectivity index (χ2n) is 8.50. The summed E-state index contributed by atoms with van der Waals surface area (Å²) < 4.78 is 19.1. The average Bonchev–Trinajstić information content (AvgIpc) is 3.15. The normalized spacial score (nSPS) is 35.0. The molecule has 6 nitrogen and oxygen atoms in total. The predicted octanol–water partition coefficient (Wildman–Crippen LogP) is 2.66. The minimum absolute atomic E-state index is 0.0143. The molecule has 1 heterocycles. The molecule has 26 heavy (non-hydrogen) atoms. The van der Waals surface area contributed by atoms with E-state index in [9.17, 15) is 4.39 Å². The van der Waals surface area contributed by atoms with Crippen molar-refractivity contribution in [1.29, 1.82) is 0 Å². The Labute approximate surface area is 152 Å². The SMILES string of the molecule is COc1ccc(F)cc1CNC12CC3CC(C1)CC(n1ncnn1)(C3)C2. The van der Waals surface area contributed by atoms with Crippen molar-refractivity contribution in [3.8, 4) is 5.75 Å². The molecule has 4 aliphatic carbocycles. The van der Waals surface area contributed by atoms with E-state index in [0.29, 0.717) is 18.4 Å². The number of hydrogen-bond donors (Lipinski definition) is 1. The highest BCUT2D eigenvalue weighted by atomic mass is 19.1. The van der Waals surface area contributed by atoms with Crippen LogP contribution < -0.4 is 10.1 Å². The van der Waals surface area contributed by atoms with Crippen molar-refractivity contribution in [2.45, 2.75) is 56.1 Å². The van der Waals surface area contributed by atoms with Gasteiger partial charge >= 0.3 is 0 Å². The molecule has 0 amide bonds. The van der Waals surface area contributed by atoms with E-state index >= 15 is 0 Å². The number of aromatic nitrogens is 4. The molecule has 0 spiro atoms. The number of hydrogen-bond acceptors (Lipinski definition) is 5. The van der Waals surface area contributed by atoms with Crippen LogP contribution in [0.4, 0.5) is 4.39 Å². The Kier molecular flexibility index (Phi) is 3.57. The maximum atomic E-state index is 13.7. The van der Waals surface area contributed by atoms with Gasteiger partial charge in [-0.05, 0) is 73.8 Å². The third-order valence-electron chi connectivity index (χ3n) is 6.70. The molecule has 6 rings (SSSR count). The first-order valence-corrected chi connectivity index (χ1v) is 9.41. The fourth-order valence-electron chi connectivity index (χ4n) is 6.21. The smallest absolute Gasteiger partial charge is 0.162 e. The summed E-state index contributed by atoms with van der Waals surface area (Å²) in [6.45, 7) is 0.612. The molecule has 0 saturated heterocycles. The molecular weight excluding hydrogens is 333 g/mol. The van der Waals surface area contributed by atoms with Gasteiger partial charge in [0.2, 0.25) is 0 Å². The van der Waals surface area contributed by atoms with Crippen LogP contribution in [-0.4, -0.2) is 32.9 Å². The summed E-state index contributed by atoms with van der Waals surface area (Å²) in [6, 6.07) is 4.71. The fraction of sp³-hybridized carbons (Fsp3) is 0.632. The molecule has 4 aliphatic rings. The second kappa shape index (κ2) is 5.74. The van der Waals surface area contributed by atoms with Gasteiger partial charge in [-0.2, -0.15) is 4.80 Å². The summed E-state index contributed by atoms with van der Waals surface area (Å²) in [4.78, 5) is 1.86. The summed E-state index contributed by atoms with van der Waals surface area (Å²) in [7, 11) is 1.63. The fourth-order valence-corrected chi connectivity index (χ4v) is 6.21. The highest BCUT2D eigenvalue weighted by Crippen LogP contribution is 2.60. The van der Waals surface area contributed by atoms with E-state index in [4.69, 9.17) is 4.74 Å². The largest absolute Gasteiger partial charge is 0.496 e. The Balaban J connectivity index is 1.42. The Morgan fingerprint density at radius 3 is 2.77 bits per heavy atom. The van der Waals surface area contributed by atoms with Crippen LogP contribution in [0.15, 0.2) is 24.5 Å². The molecule has 4 saturated carbocycles. The molecule has 138 valence electrons. The number of methoxy groups -OCH3 is 1. The predicted molar refractivity (Wildman–Crippen MR) is 93.0 cm³/mol. The zero-order chi connectivity index (χ0) is 17.8. The molecule has 4 fully saturated rings. The third kappa shape index (κ3) is 2.52. The molecule has 1 N–H and O–H groups in total. The first-order valence-electron chi connectivity index (χ1n) is 9.41. The number of halogens is 1. The Morgan fingerprint density at radius 1 is 1.27 bits per heavy atom. The lowest BCUT2D eigenvalue weighted by Crippen LogP contribution is -2.65. The third-order valence-corrected chi connectivity index (χ3v) is 6.70. The van der Waals surface area contributed by atoms with Gasteiger partial charge < -0.3 is 10.1 Å². The highest BCUT2D eigenvalue weighted by molar-refractivity contribution is 5.34. The van der Waals surface area contributed by atoms with Gasteiger partial charge in [-0.15, -0.1) is 10.2 Å². The topological polar surface area (TPSA) is 64.9 Å². The Hall–Kier alpha value is -2.02. The highest BCUT2D eigenvalue weighted by Gasteiger charge is 2.59. The van der Waals surface area contributed by atoms with Crippen molar-refractivity contribution < 1.29 is 9.13 Å². The summed E-state index contributed by atoms with van der Waals surface area (Å²) in [5.74, 6) is 1.90. The maximum absolute atomic E-state index is 13.7. The van der Waals surface area contributed by atoms with Gasteiger partial charge in [-0.3, -0.25) is 0 Å². The quantitative estimate of drug-likeness (QED) is 0.891. The second-order valence-corrected chi connectivity index (χ2v) is 8.50. The van der Waals surface area contributed by atoms with Gasteiger partial charge in [0.05, 0.1) is 12.6 Å². The molecule has 2 atom stereocenters. The molecule has 1 aromatic heterocycles. The van der Waals surface area contributed by atoms with E-state index in [2.05, 4.69) is 20.7 Å². The molecule has 2 aromatic rings. The van der Waals surface area contributed by atoms with Gasteiger partial charge in [-0.25, -0.2) is 4.39 Å². The van der Waals surface area contributed by atoms with Crippen LogP contribution in [0.2, 0.25) is 0 Å². The van der Waals surface area contributed by atoms with Gasteiger partial charge in [0.25, 0.3) is 0 Å². The Bertz CT molecular complexity index is 794. The summed E-state index contributed by atoms with van der Waals surface area (Å²) in [5, 5.41) is 16.4. The van der Waals surface area contributed by atoms with Gasteiger partial charge in [0.1, 0.15) is 11.6 Å². The number of tetrazole rings is 1. The maximum Gasteiger partial charge on any atom is 0.162 e. The van der Waals surface area contributed by atoms with Crippen LogP contribution in [0.5, 0.6) is 5.75 Å². The minimum Gasteiger partial charge on any atom is -0.496 e. The number of nitrogens with zero attached hydrogens (tertiary/aromatic N) is 4. The number of nitrogens with one attached hydrogen (secondary N) is 1. The molecule has 7 heteroatoms. The van der Waals surface area contributed by atoms with Gasteiger partial charge in [0.15, 0.2) is 6.33 Å². The van der Waals surface area contributed by atoms with Crippen molar-refractivity contribution in [3.63, 3.8) is 0 Å². The molecule has 0 aliphatic heterocycles. The van der Waals surface area contributed by atoms with Gasteiger partial charge in [0, 0.05) is 17.6 Å². The van der Waals surface area contributed by atoms with E-state index in [0.717, 1.165) is 30.6 Å². The van der Waals surface area contributed by atoms with Crippen molar-refractivity contribution in [2.75, 3.05) is 7.11 Å². The minimum atomic E-state index is -0.226. The lowest BCUT2D eigenvalue weighted by molar-refractivity contribution is -0.0854. The van der Waals surface area contributed by atoms with E-state index in [1.165, 1.54) is 31.7 Å². The van der Waals surface area contributed by atoms with Crippen molar-refractivity contribution in [1.82, 2.24) is 25.5 Å². The summed E-state index contributed by atoms with van der Waals surface area (Å²) >= 11 is 0. The summed E-state index contributed by atoms with van der Waals surface area (Å²) in [5.41, 5.74) is 0.922. The monoisotopic (exact) mass is 357 g/mol. The zero-order valence-electron chi connectivity index (χ0n) is 15.0. The van der Waals surface area contributed by atoms with E-state index in [1.807, 2.05) is 4.80 Å². The molecular formula is C19H24FN5O. The zero-order valence-corrected chi connectivity index (χ0v) is 15.0. The molecule has 1 aromatic carbocycles. The standard InChI is InChI=1S/C19H24FN5O/c1-26-17-3-2-16(20)5-15(17)10-21-18-6-13-4-14(7-18)9-19(8-13,11-18)25-23-12-22-24-25/h2-3,5,12-14,21H,4,6-11H2,1H3. The average molecular weight is 357 g/mol. The lowest BCUT2D eigenvalue weighted by atomic mass is 9.50. The van der Waals surface area contributed by atoms with Gasteiger partial charge in [-0.1, -0.05) is 0 Å². The van der Waals surface area contributed by atoms with Crippen LogP contribution in [0.3, 0.4) is 0 Å². The lowest BCUT2D eigenvalue weighted by Gasteiger charge is -2.61. The molecule has 0 radical (unpaired) electrons. The van der Waals surface area contributed by atoms with Crippen LogP contribution >= 0.6 is 0 Å². The summed E-state index contributed by atoms with van der Waals surface area (Å²) in [6.07, 6.45) is 8.51. The van der Waals surface area contributed by atoms with E-state index in [1.54, 1.807) is 19.2 Å². The number of benzene rings is 1.